The molecule has 2 aliphatic heterocycles. The number of imidazole rings is 1. The van der Waals surface area contributed by atoms with Gasteiger partial charge >= 0.3 is 0 Å². The lowest BCUT2D eigenvalue weighted by Crippen LogP contribution is -2.57. The van der Waals surface area contributed by atoms with E-state index in [9.17, 15) is 0 Å². The SMILES string of the molecule is COc1ccc([C@H]2NC3=NCN(Cc4ccco4)CN3c3nc4ccccc4n32)c(OC)c1. The van der Waals surface area contributed by atoms with Crippen LogP contribution in [0.2, 0.25) is 0 Å². The predicted octanol–water partition coefficient (Wildman–Crippen LogP) is 3.39. The van der Waals surface area contributed by atoms with E-state index in [1.54, 1.807) is 20.5 Å². The molecule has 0 saturated heterocycles. The molecule has 0 fully saturated rings. The fourth-order valence-electron chi connectivity index (χ4n) is 4.49. The molecule has 4 heterocycles. The number of aliphatic imine (C=N–C) groups is 1. The Balaban J connectivity index is 1.45. The van der Waals surface area contributed by atoms with Gasteiger partial charge in [0.15, 0.2) is 0 Å². The van der Waals surface area contributed by atoms with Crippen molar-refractivity contribution in [3.8, 4) is 11.5 Å². The van der Waals surface area contributed by atoms with E-state index in [1.807, 2.05) is 48.5 Å². The number of para-hydroxylation sites is 2. The standard InChI is InChI=1S/C24H24N6O3/c1-31-16-9-10-18(21(12-16)32-2)22-27-23-25-14-28(13-17-6-5-11-33-17)15-29(23)24-26-19-7-3-4-8-20(19)30(22)24/h3-12,22H,13-15H2,1-2H3,(H,25,27)/t22-/m0/s1. The van der Waals surface area contributed by atoms with E-state index in [4.69, 9.17) is 23.9 Å². The fraction of sp³-hybridized carbons (Fsp3) is 0.250. The second kappa shape index (κ2) is 7.86. The molecular weight excluding hydrogens is 420 g/mol. The first kappa shape index (κ1) is 19.7. The first-order chi connectivity index (χ1) is 16.2. The van der Waals surface area contributed by atoms with E-state index in [0.29, 0.717) is 19.9 Å². The number of hydrogen-bond acceptors (Lipinski definition) is 8. The average molecular weight is 444 g/mol. The van der Waals surface area contributed by atoms with Crippen LogP contribution in [0.3, 0.4) is 0 Å². The van der Waals surface area contributed by atoms with E-state index in [0.717, 1.165) is 45.8 Å². The number of nitrogens with one attached hydrogen (secondary N) is 1. The number of rotatable bonds is 5. The highest BCUT2D eigenvalue weighted by atomic mass is 16.5. The van der Waals surface area contributed by atoms with Crippen molar-refractivity contribution in [1.29, 1.82) is 0 Å². The average Bonchev–Trinajstić information content (AvgIpc) is 3.51. The molecule has 2 aromatic heterocycles. The number of guanidine groups is 1. The van der Waals surface area contributed by atoms with Crippen molar-refractivity contribution in [1.82, 2.24) is 19.8 Å². The first-order valence-corrected chi connectivity index (χ1v) is 10.8. The normalized spacial score (nSPS) is 17.8. The van der Waals surface area contributed by atoms with Gasteiger partial charge in [-0.15, -0.1) is 0 Å². The maximum Gasteiger partial charge on any atom is 0.216 e. The van der Waals surface area contributed by atoms with Crippen molar-refractivity contribution in [2.24, 2.45) is 4.99 Å². The Morgan fingerprint density at radius 2 is 2.00 bits per heavy atom. The van der Waals surface area contributed by atoms with Crippen LogP contribution in [0.15, 0.2) is 70.3 Å². The summed E-state index contributed by atoms with van der Waals surface area (Å²) in [6, 6.07) is 17.9. The summed E-state index contributed by atoms with van der Waals surface area (Å²) in [7, 11) is 3.32. The van der Waals surface area contributed by atoms with E-state index in [-0.39, 0.29) is 6.17 Å². The number of anilines is 1. The van der Waals surface area contributed by atoms with Crippen LogP contribution in [0.1, 0.15) is 17.5 Å². The Kier molecular flexibility index (Phi) is 4.69. The van der Waals surface area contributed by atoms with E-state index in [2.05, 4.69) is 25.8 Å². The number of hydrogen-bond donors (Lipinski definition) is 1. The van der Waals surface area contributed by atoms with Gasteiger partial charge in [0.05, 0.1) is 51.4 Å². The number of methoxy groups -OCH3 is 2. The molecule has 4 aromatic rings. The number of aromatic nitrogens is 2. The monoisotopic (exact) mass is 444 g/mol. The highest BCUT2D eigenvalue weighted by Crippen LogP contribution is 2.38. The maximum absolute atomic E-state index is 5.73. The van der Waals surface area contributed by atoms with Crippen LogP contribution in [0.5, 0.6) is 11.5 Å². The number of nitrogens with zero attached hydrogens (tertiary/aromatic N) is 5. The van der Waals surface area contributed by atoms with Gasteiger partial charge in [0, 0.05) is 11.6 Å². The maximum atomic E-state index is 5.73. The third kappa shape index (κ3) is 3.28. The topological polar surface area (TPSA) is 80.3 Å². The van der Waals surface area contributed by atoms with Crippen molar-refractivity contribution in [3.05, 3.63) is 72.2 Å². The quantitative estimate of drug-likeness (QED) is 0.505. The molecule has 0 radical (unpaired) electrons. The molecule has 2 aromatic carbocycles. The van der Waals surface area contributed by atoms with E-state index >= 15 is 0 Å². The molecule has 0 unspecified atom stereocenters. The summed E-state index contributed by atoms with van der Waals surface area (Å²) in [5.74, 6) is 4.01. The summed E-state index contributed by atoms with van der Waals surface area (Å²) in [6.45, 7) is 1.88. The zero-order valence-corrected chi connectivity index (χ0v) is 18.4. The van der Waals surface area contributed by atoms with Gasteiger partial charge in [-0.1, -0.05) is 12.1 Å². The molecule has 6 rings (SSSR count). The van der Waals surface area contributed by atoms with Gasteiger partial charge in [-0.25, -0.2) is 9.98 Å². The number of fused-ring (bicyclic) bond motifs is 5. The Labute approximate surface area is 190 Å². The van der Waals surface area contributed by atoms with E-state index in [1.165, 1.54) is 0 Å². The van der Waals surface area contributed by atoms with Crippen molar-refractivity contribution in [2.45, 2.75) is 12.7 Å². The summed E-state index contributed by atoms with van der Waals surface area (Å²) in [5, 5.41) is 3.63. The molecule has 0 aliphatic carbocycles. The second-order valence-electron chi connectivity index (χ2n) is 8.03. The van der Waals surface area contributed by atoms with Crippen molar-refractivity contribution < 1.29 is 13.9 Å². The van der Waals surface area contributed by atoms with Crippen LogP contribution in [0.25, 0.3) is 11.0 Å². The van der Waals surface area contributed by atoms with Gasteiger partial charge in [0.25, 0.3) is 0 Å². The molecule has 1 atom stereocenters. The van der Waals surface area contributed by atoms with Gasteiger partial charge in [0.2, 0.25) is 11.9 Å². The smallest absolute Gasteiger partial charge is 0.216 e. The predicted molar refractivity (Wildman–Crippen MR) is 124 cm³/mol. The van der Waals surface area contributed by atoms with Gasteiger partial charge in [0.1, 0.15) is 23.4 Å². The van der Waals surface area contributed by atoms with Crippen molar-refractivity contribution in [3.63, 3.8) is 0 Å². The molecule has 9 heteroatoms. The Morgan fingerprint density at radius 1 is 1.09 bits per heavy atom. The van der Waals surface area contributed by atoms with Crippen LogP contribution >= 0.6 is 0 Å². The number of benzene rings is 2. The van der Waals surface area contributed by atoms with E-state index < -0.39 is 0 Å². The van der Waals surface area contributed by atoms with Gasteiger partial charge in [-0.3, -0.25) is 14.4 Å². The summed E-state index contributed by atoms with van der Waals surface area (Å²) in [6.07, 6.45) is 1.46. The number of ether oxygens (including phenoxy) is 2. The van der Waals surface area contributed by atoms with Crippen molar-refractivity contribution >= 4 is 22.9 Å². The lowest BCUT2D eigenvalue weighted by atomic mass is 10.1. The molecule has 9 nitrogen and oxygen atoms in total. The zero-order chi connectivity index (χ0) is 22.4. The molecule has 168 valence electrons. The summed E-state index contributed by atoms with van der Waals surface area (Å²) >= 11 is 0. The Hall–Kier alpha value is -3.98. The van der Waals surface area contributed by atoms with Gasteiger partial charge in [-0.2, -0.15) is 0 Å². The fourth-order valence-corrected chi connectivity index (χ4v) is 4.49. The Bertz CT molecular complexity index is 1330. The highest BCUT2D eigenvalue weighted by Gasteiger charge is 2.37. The van der Waals surface area contributed by atoms with Crippen LogP contribution in [-0.2, 0) is 6.54 Å². The van der Waals surface area contributed by atoms with Crippen LogP contribution in [-0.4, -0.2) is 48.0 Å². The van der Waals surface area contributed by atoms with Crippen molar-refractivity contribution in [2.75, 3.05) is 32.5 Å². The summed E-state index contributed by atoms with van der Waals surface area (Å²) < 4.78 is 18.9. The minimum Gasteiger partial charge on any atom is -0.497 e. The molecule has 0 saturated carbocycles. The molecule has 33 heavy (non-hydrogen) atoms. The third-order valence-electron chi connectivity index (χ3n) is 6.05. The van der Waals surface area contributed by atoms with Gasteiger partial charge in [-0.05, 0) is 36.4 Å². The molecule has 2 aliphatic rings. The van der Waals surface area contributed by atoms with Crippen LogP contribution in [0.4, 0.5) is 5.95 Å². The molecule has 1 N–H and O–H groups in total. The minimum absolute atomic E-state index is 0.236. The third-order valence-corrected chi connectivity index (χ3v) is 6.05. The minimum atomic E-state index is -0.236. The summed E-state index contributed by atoms with van der Waals surface area (Å²) in [5.41, 5.74) is 2.93. The highest BCUT2D eigenvalue weighted by molar-refractivity contribution is 5.99. The molecular formula is C24H24N6O3. The zero-order valence-electron chi connectivity index (χ0n) is 18.4. The molecule has 0 amide bonds. The molecule has 0 bridgehead atoms. The van der Waals surface area contributed by atoms with Crippen LogP contribution in [0, 0.1) is 0 Å². The summed E-state index contributed by atoms with van der Waals surface area (Å²) in [4.78, 5) is 14.2. The second-order valence-corrected chi connectivity index (χ2v) is 8.03. The first-order valence-electron chi connectivity index (χ1n) is 10.8. The lowest BCUT2D eigenvalue weighted by Gasteiger charge is -2.41. The number of furan rings is 1. The lowest BCUT2D eigenvalue weighted by molar-refractivity contribution is 0.242. The molecule has 0 spiro atoms. The van der Waals surface area contributed by atoms with Crippen LogP contribution < -0.4 is 19.7 Å². The largest absolute Gasteiger partial charge is 0.497 e. The Morgan fingerprint density at radius 3 is 2.82 bits per heavy atom. The van der Waals surface area contributed by atoms with Gasteiger partial charge < -0.3 is 19.2 Å².